The molecule has 0 radical (unpaired) electrons. The van der Waals surface area contributed by atoms with Crippen LogP contribution in [0.2, 0.25) is 0 Å². The number of anilines is 1. The number of carbonyl (C=O) groups is 2. The fourth-order valence-electron chi connectivity index (χ4n) is 1.82. The summed E-state index contributed by atoms with van der Waals surface area (Å²) in [5.41, 5.74) is -0.00546. The molecular weight excluding hydrogens is 311 g/mol. The number of ether oxygens (including phenoxy) is 1. The highest BCUT2D eigenvalue weighted by atomic mass is 19.4. The predicted molar refractivity (Wildman–Crippen MR) is 77.2 cm³/mol. The average Bonchev–Trinajstić information content (AvgIpc) is 2.54. The van der Waals surface area contributed by atoms with Gasteiger partial charge in [-0.3, -0.25) is 4.79 Å². The molecule has 0 aliphatic rings. The summed E-state index contributed by atoms with van der Waals surface area (Å²) in [5.74, 6) is -1.06. The SMILES string of the molecule is COC(=O)c1ccc(NC(=O)c2ccc(C(F)(F)F)cc2)cc1. The number of amides is 1. The Morgan fingerprint density at radius 3 is 1.91 bits per heavy atom. The van der Waals surface area contributed by atoms with Gasteiger partial charge in [0.15, 0.2) is 0 Å². The van der Waals surface area contributed by atoms with E-state index in [1.807, 2.05) is 0 Å². The zero-order valence-corrected chi connectivity index (χ0v) is 12.0. The van der Waals surface area contributed by atoms with E-state index >= 15 is 0 Å². The van der Waals surface area contributed by atoms with Crippen LogP contribution < -0.4 is 5.32 Å². The van der Waals surface area contributed by atoms with E-state index in [0.29, 0.717) is 11.3 Å². The summed E-state index contributed by atoms with van der Waals surface area (Å²) >= 11 is 0. The van der Waals surface area contributed by atoms with Gasteiger partial charge in [-0.25, -0.2) is 4.79 Å². The van der Waals surface area contributed by atoms with Gasteiger partial charge >= 0.3 is 12.1 Å². The highest BCUT2D eigenvalue weighted by Gasteiger charge is 2.30. The van der Waals surface area contributed by atoms with Crippen LogP contribution in [0.5, 0.6) is 0 Å². The second kappa shape index (κ2) is 6.51. The minimum Gasteiger partial charge on any atom is -0.465 e. The fourth-order valence-corrected chi connectivity index (χ4v) is 1.82. The van der Waals surface area contributed by atoms with Crippen molar-refractivity contribution in [1.82, 2.24) is 0 Å². The summed E-state index contributed by atoms with van der Waals surface area (Å²) in [6.07, 6.45) is -4.45. The second-order valence-electron chi connectivity index (χ2n) is 4.60. The Bertz CT molecular complexity index is 707. The third-order valence-corrected chi connectivity index (χ3v) is 3.04. The number of methoxy groups -OCH3 is 1. The van der Waals surface area contributed by atoms with Gasteiger partial charge in [0.05, 0.1) is 18.2 Å². The van der Waals surface area contributed by atoms with E-state index in [2.05, 4.69) is 10.1 Å². The lowest BCUT2D eigenvalue weighted by molar-refractivity contribution is -0.137. The topological polar surface area (TPSA) is 55.4 Å². The molecule has 0 aliphatic carbocycles. The van der Waals surface area contributed by atoms with Gasteiger partial charge in [0.25, 0.3) is 5.91 Å². The normalized spacial score (nSPS) is 11.0. The molecule has 0 spiro atoms. The number of hydrogen-bond acceptors (Lipinski definition) is 3. The fraction of sp³-hybridized carbons (Fsp3) is 0.125. The van der Waals surface area contributed by atoms with Crippen LogP contribution in [0, 0.1) is 0 Å². The lowest BCUT2D eigenvalue weighted by Crippen LogP contribution is -2.13. The molecule has 0 fully saturated rings. The molecule has 0 saturated heterocycles. The highest BCUT2D eigenvalue weighted by Crippen LogP contribution is 2.29. The largest absolute Gasteiger partial charge is 0.465 e. The molecule has 23 heavy (non-hydrogen) atoms. The van der Waals surface area contributed by atoms with Crippen LogP contribution in [0.25, 0.3) is 0 Å². The molecule has 120 valence electrons. The van der Waals surface area contributed by atoms with Crippen LogP contribution in [0.15, 0.2) is 48.5 Å². The molecule has 0 saturated carbocycles. The van der Waals surface area contributed by atoms with E-state index in [1.54, 1.807) is 0 Å². The maximum absolute atomic E-state index is 12.5. The van der Waals surface area contributed by atoms with Crippen molar-refractivity contribution < 1.29 is 27.5 Å². The Labute approximate surface area is 129 Å². The monoisotopic (exact) mass is 323 g/mol. The number of alkyl halides is 3. The minimum atomic E-state index is -4.45. The van der Waals surface area contributed by atoms with Crippen molar-refractivity contribution in [3.8, 4) is 0 Å². The molecule has 7 heteroatoms. The van der Waals surface area contributed by atoms with Gasteiger partial charge in [0.2, 0.25) is 0 Å². The standard InChI is InChI=1S/C16H12F3NO3/c1-23-15(22)11-4-8-13(9-5-11)20-14(21)10-2-6-12(7-3-10)16(17,18)19/h2-9H,1H3,(H,20,21). The third-order valence-electron chi connectivity index (χ3n) is 3.04. The van der Waals surface area contributed by atoms with Gasteiger partial charge in [0.1, 0.15) is 0 Å². The van der Waals surface area contributed by atoms with E-state index in [4.69, 9.17) is 0 Å². The molecule has 0 aliphatic heterocycles. The first-order valence-corrected chi connectivity index (χ1v) is 6.48. The zero-order chi connectivity index (χ0) is 17.0. The maximum atomic E-state index is 12.5. The summed E-state index contributed by atoms with van der Waals surface area (Å²) in [6, 6.07) is 9.80. The number of nitrogens with one attached hydrogen (secondary N) is 1. The van der Waals surface area contributed by atoms with Crippen LogP contribution in [-0.4, -0.2) is 19.0 Å². The number of halogens is 3. The van der Waals surface area contributed by atoms with Crippen LogP contribution >= 0.6 is 0 Å². The van der Waals surface area contributed by atoms with Crippen LogP contribution in [0.1, 0.15) is 26.3 Å². The lowest BCUT2D eigenvalue weighted by Gasteiger charge is -2.08. The molecule has 4 nitrogen and oxygen atoms in total. The first-order valence-electron chi connectivity index (χ1n) is 6.48. The molecule has 1 amide bonds. The number of carbonyl (C=O) groups excluding carboxylic acids is 2. The number of esters is 1. The number of rotatable bonds is 3. The molecule has 0 aromatic heterocycles. The molecule has 0 heterocycles. The summed E-state index contributed by atoms with van der Waals surface area (Å²) < 4.78 is 41.9. The summed E-state index contributed by atoms with van der Waals surface area (Å²) in [7, 11) is 1.25. The molecule has 2 aromatic carbocycles. The number of benzene rings is 2. The van der Waals surface area contributed by atoms with E-state index < -0.39 is 23.6 Å². The molecule has 0 bridgehead atoms. The van der Waals surface area contributed by atoms with Crippen molar-refractivity contribution in [3.05, 3.63) is 65.2 Å². The van der Waals surface area contributed by atoms with Gasteiger partial charge in [-0.05, 0) is 48.5 Å². The molecule has 0 unspecified atom stereocenters. The summed E-state index contributed by atoms with van der Waals surface area (Å²) in [4.78, 5) is 23.2. The highest BCUT2D eigenvalue weighted by molar-refractivity contribution is 6.04. The van der Waals surface area contributed by atoms with Gasteiger partial charge in [-0.1, -0.05) is 0 Å². The molecule has 2 aromatic rings. The zero-order valence-electron chi connectivity index (χ0n) is 12.0. The predicted octanol–water partition coefficient (Wildman–Crippen LogP) is 3.74. The Morgan fingerprint density at radius 1 is 0.913 bits per heavy atom. The maximum Gasteiger partial charge on any atom is 0.416 e. The molecule has 1 N–H and O–H groups in total. The van der Waals surface area contributed by atoms with Crippen molar-refractivity contribution in [3.63, 3.8) is 0 Å². The average molecular weight is 323 g/mol. The van der Waals surface area contributed by atoms with E-state index in [1.165, 1.54) is 31.4 Å². The molecule has 2 rings (SSSR count). The smallest absolute Gasteiger partial charge is 0.416 e. The Morgan fingerprint density at radius 2 is 1.43 bits per heavy atom. The van der Waals surface area contributed by atoms with Gasteiger partial charge in [-0.15, -0.1) is 0 Å². The van der Waals surface area contributed by atoms with E-state index in [-0.39, 0.29) is 5.56 Å². The van der Waals surface area contributed by atoms with Crippen molar-refractivity contribution in [2.24, 2.45) is 0 Å². The van der Waals surface area contributed by atoms with Crippen molar-refractivity contribution in [2.45, 2.75) is 6.18 Å². The molecular formula is C16H12F3NO3. The van der Waals surface area contributed by atoms with Crippen molar-refractivity contribution in [2.75, 3.05) is 12.4 Å². The van der Waals surface area contributed by atoms with Gasteiger partial charge < -0.3 is 10.1 Å². The van der Waals surface area contributed by atoms with E-state index in [0.717, 1.165) is 24.3 Å². The van der Waals surface area contributed by atoms with Crippen LogP contribution in [0.3, 0.4) is 0 Å². The van der Waals surface area contributed by atoms with E-state index in [9.17, 15) is 22.8 Å². The van der Waals surface area contributed by atoms with Crippen molar-refractivity contribution in [1.29, 1.82) is 0 Å². The minimum absolute atomic E-state index is 0.0926. The lowest BCUT2D eigenvalue weighted by atomic mass is 10.1. The Kier molecular flexibility index (Phi) is 4.68. The summed E-state index contributed by atoms with van der Waals surface area (Å²) in [6.45, 7) is 0. The quantitative estimate of drug-likeness (QED) is 0.875. The third kappa shape index (κ3) is 4.09. The van der Waals surface area contributed by atoms with Gasteiger partial charge in [-0.2, -0.15) is 13.2 Å². The van der Waals surface area contributed by atoms with Gasteiger partial charge in [0, 0.05) is 11.3 Å². The number of hydrogen-bond donors (Lipinski definition) is 1. The molecule has 0 atom stereocenters. The van der Waals surface area contributed by atoms with Crippen LogP contribution in [0.4, 0.5) is 18.9 Å². The Hall–Kier alpha value is -2.83. The first-order chi connectivity index (χ1) is 10.8. The Balaban J connectivity index is 2.08. The summed E-state index contributed by atoms with van der Waals surface area (Å²) in [5, 5.41) is 2.53. The van der Waals surface area contributed by atoms with Crippen LogP contribution in [-0.2, 0) is 10.9 Å². The second-order valence-corrected chi connectivity index (χ2v) is 4.60. The first kappa shape index (κ1) is 16.5. The van der Waals surface area contributed by atoms with Crippen molar-refractivity contribution >= 4 is 17.6 Å².